The van der Waals surface area contributed by atoms with Gasteiger partial charge in [0.2, 0.25) is 5.91 Å². The lowest BCUT2D eigenvalue weighted by molar-refractivity contribution is -0.132. The van der Waals surface area contributed by atoms with Crippen LogP contribution in [0.25, 0.3) is 10.9 Å². The number of likely N-dealkylation sites (N-methyl/N-ethyl adjacent to an activating group) is 1. The SMILES string of the molecule is CN1CCN(C(=O)CCCc2cn(CN3CCCCCC3)c3ccccc23)CC1. The van der Waals surface area contributed by atoms with Crippen LogP contribution in [0.3, 0.4) is 0 Å². The van der Waals surface area contributed by atoms with Crippen LogP contribution in [0.1, 0.15) is 44.1 Å². The summed E-state index contributed by atoms with van der Waals surface area (Å²) in [7, 11) is 2.13. The standard InChI is InChI=1S/C24H36N4O/c1-25-15-17-27(18-16-25)24(29)12-8-9-21-19-28(23-11-5-4-10-22(21)23)20-26-13-6-2-3-7-14-26/h4-5,10-11,19H,2-3,6-9,12-18,20H2,1H3. The number of para-hydroxylation sites is 1. The minimum absolute atomic E-state index is 0.325. The number of aryl methyl sites for hydroxylation is 1. The van der Waals surface area contributed by atoms with Gasteiger partial charge in [0.25, 0.3) is 0 Å². The van der Waals surface area contributed by atoms with E-state index >= 15 is 0 Å². The van der Waals surface area contributed by atoms with Gasteiger partial charge in [0.1, 0.15) is 0 Å². The molecule has 0 radical (unpaired) electrons. The molecule has 1 aromatic heterocycles. The van der Waals surface area contributed by atoms with Crippen LogP contribution in [-0.2, 0) is 17.9 Å². The van der Waals surface area contributed by atoms with Gasteiger partial charge in [-0.05, 0) is 57.5 Å². The van der Waals surface area contributed by atoms with Crippen LogP contribution in [0.4, 0.5) is 0 Å². The fraction of sp³-hybridized carbons (Fsp3) is 0.625. The van der Waals surface area contributed by atoms with Crippen molar-refractivity contribution in [2.75, 3.05) is 46.3 Å². The lowest BCUT2D eigenvalue weighted by Crippen LogP contribution is -2.47. The maximum absolute atomic E-state index is 12.6. The first kappa shape index (κ1) is 20.4. The number of fused-ring (bicyclic) bond motifs is 1. The molecule has 4 rings (SSSR count). The first-order chi connectivity index (χ1) is 14.2. The van der Waals surface area contributed by atoms with Gasteiger partial charge in [-0.3, -0.25) is 9.69 Å². The summed E-state index contributed by atoms with van der Waals surface area (Å²) in [6.07, 6.45) is 10.3. The molecule has 5 heteroatoms. The van der Waals surface area contributed by atoms with Crippen molar-refractivity contribution >= 4 is 16.8 Å². The van der Waals surface area contributed by atoms with E-state index in [-0.39, 0.29) is 0 Å². The highest BCUT2D eigenvalue weighted by atomic mass is 16.2. The molecule has 2 aliphatic heterocycles. The molecule has 0 unspecified atom stereocenters. The van der Waals surface area contributed by atoms with Crippen molar-refractivity contribution < 1.29 is 4.79 Å². The molecule has 0 bridgehead atoms. The van der Waals surface area contributed by atoms with Gasteiger partial charge >= 0.3 is 0 Å². The Morgan fingerprint density at radius 2 is 1.66 bits per heavy atom. The number of benzene rings is 1. The second-order valence-electron chi connectivity index (χ2n) is 8.85. The van der Waals surface area contributed by atoms with Crippen molar-refractivity contribution in [3.8, 4) is 0 Å². The summed E-state index contributed by atoms with van der Waals surface area (Å²) in [4.78, 5) is 19.5. The average Bonchev–Trinajstić information content (AvgIpc) is 2.89. The minimum Gasteiger partial charge on any atom is -0.340 e. The van der Waals surface area contributed by atoms with Gasteiger partial charge < -0.3 is 14.4 Å². The van der Waals surface area contributed by atoms with Crippen molar-refractivity contribution in [3.05, 3.63) is 36.0 Å². The van der Waals surface area contributed by atoms with E-state index in [1.807, 2.05) is 4.90 Å². The third-order valence-corrected chi connectivity index (χ3v) is 6.61. The first-order valence-electron chi connectivity index (χ1n) is 11.5. The molecule has 0 aliphatic carbocycles. The van der Waals surface area contributed by atoms with Gasteiger partial charge in [0.05, 0.1) is 6.67 Å². The molecule has 2 fully saturated rings. The maximum Gasteiger partial charge on any atom is 0.222 e. The van der Waals surface area contributed by atoms with E-state index in [1.165, 1.54) is 55.2 Å². The molecule has 0 atom stereocenters. The van der Waals surface area contributed by atoms with Crippen LogP contribution in [0.15, 0.2) is 30.5 Å². The molecule has 2 saturated heterocycles. The van der Waals surface area contributed by atoms with Crippen molar-refractivity contribution in [2.24, 2.45) is 0 Å². The molecule has 158 valence electrons. The van der Waals surface area contributed by atoms with Gasteiger partial charge in [-0.15, -0.1) is 0 Å². The van der Waals surface area contributed by atoms with Crippen LogP contribution in [0.2, 0.25) is 0 Å². The topological polar surface area (TPSA) is 31.7 Å². The molecule has 1 amide bonds. The molecule has 0 spiro atoms. The van der Waals surface area contributed by atoms with E-state index in [9.17, 15) is 4.79 Å². The molecular weight excluding hydrogens is 360 g/mol. The Morgan fingerprint density at radius 3 is 2.41 bits per heavy atom. The molecular formula is C24H36N4O. The van der Waals surface area contributed by atoms with Crippen molar-refractivity contribution in [3.63, 3.8) is 0 Å². The molecule has 2 aromatic rings. The lowest BCUT2D eigenvalue weighted by Gasteiger charge is -2.32. The van der Waals surface area contributed by atoms with Crippen LogP contribution in [0.5, 0.6) is 0 Å². The third-order valence-electron chi connectivity index (χ3n) is 6.61. The van der Waals surface area contributed by atoms with Crippen LogP contribution in [-0.4, -0.2) is 71.5 Å². The highest BCUT2D eigenvalue weighted by Gasteiger charge is 2.19. The molecule has 0 N–H and O–H groups in total. The van der Waals surface area contributed by atoms with Gasteiger partial charge in [-0.25, -0.2) is 0 Å². The quantitative estimate of drug-likeness (QED) is 0.748. The molecule has 2 aliphatic rings. The van der Waals surface area contributed by atoms with Gasteiger partial charge in [0.15, 0.2) is 0 Å². The van der Waals surface area contributed by atoms with Crippen molar-refractivity contribution in [1.82, 2.24) is 19.3 Å². The maximum atomic E-state index is 12.6. The predicted molar refractivity (Wildman–Crippen MR) is 119 cm³/mol. The lowest BCUT2D eigenvalue weighted by atomic mass is 10.1. The minimum atomic E-state index is 0.325. The number of hydrogen-bond donors (Lipinski definition) is 0. The van der Waals surface area contributed by atoms with E-state index in [0.29, 0.717) is 12.3 Å². The van der Waals surface area contributed by atoms with E-state index in [2.05, 4.69) is 51.9 Å². The number of carbonyl (C=O) groups excluding carboxylic acids is 1. The Bertz CT molecular complexity index is 798. The van der Waals surface area contributed by atoms with E-state index in [1.54, 1.807) is 0 Å². The number of aromatic nitrogens is 1. The van der Waals surface area contributed by atoms with E-state index in [4.69, 9.17) is 0 Å². The Kier molecular flexibility index (Phi) is 6.88. The summed E-state index contributed by atoms with van der Waals surface area (Å²) in [5, 5.41) is 1.36. The molecule has 1 aromatic carbocycles. The largest absolute Gasteiger partial charge is 0.340 e. The zero-order valence-electron chi connectivity index (χ0n) is 18.0. The summed E-state index contributed by atoms with van der Waals surface area (Å²) in [6, 6.07) is 8.76. The third kappa shape index (κ3) is 5.20. The van der Waals surface area contributed by atoms with E-state index < -0.39 is 0 Å². The predicted octanol–water partition coefficient (Wildman–Crippen LogP) is 3.57. The number of nitrogens with zero attached hydrogens (tertiary/aromatic N) is 4. The molecule has 5 nitrogen and oxygen atoms in total. The Hall–Kier alpha value is -1.85. The first-order valence-corrected chi connectivity index (χ1v) is 11.5. The number of amides is 1. The monoisotopic (exact) mass is 396 g/mol. The second-order valence-corrected chi connectivity index (χ2v) is 8.85. The number of likely N-dealkylation sites (tertiary alicyclic amines) is 1. The fourth-order valence-corrected chi connectivity index (χ4v) is 4.78. The van der Waals surface area contributed by atoms with E-state index in [0.717, 1.165) is 45.7 Å². The summed E-state index contributed by atoms with van der Waals surface area (Å²) in [6.45, 7) is 7.16. The van der Waals surface area contributed by atoms with Crippen LogP contribution >= 0.6 is 0 Å². The van der Waals surface area contributed by atoms with Crippen molar-refractivity contribution in [1.29, 1.82) is 0 Å². The van der Waals surface area contributed by atoms with Gasteiger partial charge in [-0.1, -0.05) is 31.0 Å². The molecule has 29 heavy (non-hydrogen) atoms. The summed E-state index contributed by atoms with van der Waals surface area (Å²) >= 11 is 0. The van der Waals surface area contributed by atoms with Crippen LogP contribution in [0, 0.1) is 0 Å². The van der Waals surface area contributed by atoms with Crippen LogP contribution < -0.4 is 0 Å². The fourth-order valence-electron chi connectivity index (χ4n) is 4.78. The Balaban J connectivity index is 1.38. The highest BCUT2D eigenvalue weighted by molar-refractivity contribution is 5.84. The molecule has 3 heterocycles. The number of rotatable bonds is 6. The normalized spacial score (nSPS) is 19.6. The highest BCUT2D eigenvalue weighted by Crippen LogP contribution is 2.24. The van der Waals surface area contributed by atoms with Gasteiger partial charge in [-0.2, -0.15) is 0 Å². The second kappa shape index (κ2) is 9.77. The number of carbonyl (C=O) groups is 1. The molecule has 0 saturated carbocycles. The number of hydrogen-bond acceptors (Lipinski definition) is 3. The zero-order chi connectivity index (χ0) is 20.1. The Morgan fingerprint density at radius 1 is 0.931 bits per heavy atom. The smallest absolute Gasteiger partial charge is 0.222 e. The summed E-state index contributed by atoms with van der Waals surface area (Å²) in [5.41, 5.74) is 2.72. The number of piperazine rings is 1. The average molecular weight is 397 g/mol. The summed E-state index contributed by atoms with van der Waals surface area (Å²) in [5.74, 6) is 0.325. The van der Waals surface area contributed by atoms with Crippen molar-refractivity contribution in [2.45, 2.75) is 51.6 Å². The van der Waals surface area contributed by atoms with Gasteiger partial charge in [0, 0.05) is 49.7 Å². The zero-order valence-corrected chi connectivity index (χ0v) is 18.0. The summed E-state index contributed by atoms with van der Waals surface area (Å²) < 4.78 is 2.43. The Labute approximate surface area is 175 Å².